The number of alkyl halides is 1. The van der Waals surface area contributed by atoms with Gasteiger partial charge in [0.25, 0.3) is 0 Å². The van der Waals surface area contributed by atoms with Crippen LogP contribution in [0.15, 0.2) is 0 Å². The second kappa shape index (κ2) is 6.00. The third kappa shape index (κ3) is 3.56. The van der Waals surface area contributed by atoms with Gasteiger partial charge in [0.2, 0.25) is 0 Å². The van der Waals surface area contributed by atoms with Crippen molar-refractivity contribution in [2.45, 2.75) is 12.2 Å². The van der Waals surface area contributed by atoms with Gasteiger partial charge in [-0.2, -0.15) is 0 Å². The van der Waals surface area contributed by atoms with E-state index in [1.807, 2.05) is 19.0 Å². The molecule has 1 saturated heterocycles. The summed E-state index contributed by atoms with van der Waals surface area (Å²) >= 11 is 0. The minimum absolute atomic E-state index is 0. The average Bonchev–Trinajstić information content (AvgIpc) is 2.13. The largest absolute Gasteiger partial charge is 0.312 e. The summed E-state index contributed by atoms with van der Waals surface area (Å²) in [6.07, 6.45) is -0.681. The molecule has 70 valence electrons. The van der Waals surface area contributed by atoms with Gasteiger partial charge in [0.05, 0.1) is 6.04 Å². The normalized spacial score (nSPS) is 29.5. The standard InChI is InChI=1S/C6H13FN2.2ClH/c1-9(2)6-4-8-3-5(6)7;;/h5-6,8H,3-4H2,1-2H3;2*1H/t5-,6+;;/m1../s1. The summed E-state index contributed by atoms with van der Waals surface area (Å²) in [5, 5.41) is 2.99. The molecular weight excluding hydrogens is 190 g/mol. The lowest BCUT2D eigenvalue weighted by Crippen LogP contribution is -2.35. The van der Waals surface area contributed by atoms with Gasteiger partial charge in [0.15, 0.2) is 0 Å². The fourth-order valence-electron chi connectivity index (χ4n) is 1.14. The molecule has 0 unspecified atom stereocenters. The molecule has 1 N–H and O–H groups in total. The molecular formula is C6H15Cl2FN2. The number of nitrogens with zero attached hydrogens (tertiary/aromatic N) is 1. The molecule has 1 rings (SSSR count). The predicted molar refractivity (Wildman–Crippen MR) is 49.7 cm³/mol. The maximum atomic E-state index is 12.7. The fraction of sp³-hybridized carbons (Fsp3) is 1.00. The fourth-order valence-corrected chi connectivity index (χ4v) is 1.14. The molecule has 0 aromatic heterocycles. The maximum absolute atomic E-state index is 12.7. The van der Waals surface area contributed by atoms with Crippen LogP contribution in [0, 0.1) is 0 Å². The Balaban J connectivity index is 0. The van der Waals surface area contributed by atoms with E-state index < -0.39 is 6.17 Å². The van der Waals surface area contributed by atoms with Crippen LogP contribution < -0.4 is 5.32 Å². The molecule has 5 heteroatoms. The first-order valence-electron chi connectivity index (χ1n) is 3.23. The molecule has 1 heterocycles. The van der Waals surface area contributed by atoms with Gasteiger partial charge in [0, 0.05) is 13.1 Å². The highest BCUT2D eigenvalue weighted by Gasteiger charge is 2.27. The first-order valence-corrected chi connectivity index (χ1v) is 3.23. The highest BCUT2D eigenvalue weighted by atomic mass is 35.5. The van der Waals surface area contributed by atoms with Gasteiger partial charge >= 0.3 is 0 Å². The lowest BCUT2D eigenvalue weighted by atomic mass is 10.2. The van der Waals surface area contributed by atoms with E-state index in [0.29, 0.717) is 6.54 Å². The van der Waals surface area contributed by atoms with Gasteiger partial charge < -0.3 is 10.2 Å². The van der Waals surface area contributed by atoms with Crippen molar-refractivity contribution in [2.24, 2.45) is 0 Å². The number of likely N-dealkylation sites (N-methyl/N-ethyl adjacent to an activating group) is 1. The zero-order valence-corrected chi connectivity index (χ0v) is 8.34. The molecule has 0 aromatic rings. The quantitative estimate of drug-likeness (QED) is 0.677. The number of rotatable bonds is 1. The van der Waals surface area contributed by atoms with Crippen molar-refractivity contribution in [1.29, 1.82) is 0 Å². The highest BCUT2D eigenvalue weighted by Crippen LogP contribution is 2.08. The molecule has 1 aliphatic heterocycles. The first kappa shape index (κ1) is 14.0. The van der Waals surface area contributed by atoms with Crippen LogP contribution in [-0.2, 0) is 0 Å². The Morgan fingerprint density at radius 2 is 1.82 bits per heavy atom. The zero-order valence-electron chi connectivity index (χ0n) is 6.71. The number of nitrogens with one attached hydrogen (secondary N) is 1. The second-order valence-corrected chi connectivity index (χ2v) is 2.71. The van der Waals surface area contributed by atoms with E-state index in [4.69, 9.17) is 0 Å². The van der Waals surface area contributed by atoms with Gasteiger partial charge in [0.1, 0.15) is 6.17 Å². The van der Waals surface area contributed by atoms with Gasteiger partial charge in [-0.3, -0.25) is 0 Å². The SMILES string of the molecule is CN(C)[C@H]1CNC[C@H]1F.Cl.Cl. The molecule has 2 nitrogen and oxygen atoms in total. The van der Waals surface area contributed by atoms with Crippen LogP contribution in [0.4, 0.5) is 4.39 Å². The summed E-state index contributed by atoms with van der Waals surface area (Å²) in [5.74, 6) is 0. The molecule has 0 saturated carbocycles. The zero-order chi connectivity index (χ0) is 6.85. The highest BCUT2D eigenvalue weighted by molar-refractivity contribution is 5.85. The molecule has 0 spiro atoms. The Kier molecular flexibility index (Phi) is 7.63. The van der Waals surface area contributed by atoms with Gasteiger partial charge in [-0.1, -0.05) is 0 Å². The Morgan fingerprint density at radius 1 is 1.27 bits per heavy atom. The topological polar surface area (TPSA) is 15.3 Å². The molecule has 11 heavy (non-hydrogen) atoms. The van der Waals surface area contributed by atoms with Crippen molar-refractivity contribution in [3.8, 4) is 0 Å². The third-order valence-corrected chi connectivity index (χ3v) is 1.77. The molecule has 1 aliphatic rings. The summed E-state index contributed by atoms with van der Waals surface area (Å²) in [7, 11) is 3.81. The second-order valence-electron chi connectivity index (χ2n) is 2.71. The summed E-state index contributed by atoms with van der Waals surface area (Å²) < 4.78 is 12.7. The minimum Gasteiger partial charge on any atom is -0.312 e. The summed E-state index contributed by atoms with van der Waals surface area (Å²) in [5.41, 5.74) is 0. The van der Waals surface area contributed by atoms with Crippen molar-refractivity contribution in [1.82, 2.24) is 10.2 Å². The minimum atomic E-state index is -0.681. The maximum Gasteiger partial charge on any atom is 0.129 e. The van der Waals surface area contributed by atoms with Crippen molar-refractivity contribution in [3.05, 3.63) is 0 Å². The molecule has 0 aromatic carbocycles. The van der Waals surface area contributed by atoms with E-state index in [1.165, 1.54) is 0 Å². The van der Waals surface area contributed by atoms with E-state index in [-0.39, 0.29) is 30.9 Å². The monoisotopic (exact) mass is 204 g/mol. The summed E-state index contributed by atoms with van der Waals surface area (Å²) in [6, 6.07) is 0.0880. The van der Waals surface area contributed by atoms with Crippen LogP contribution in [0.25, 0.3) is 0 Å². The Labute approximate surface area is 79.3 Å². The third-order valence-electron chi connectivity index (χ3n) is 1.77. The lowest BCUT2D eigenvalue weighted by molar-refractivity contribution is 0.202. The number of halogens is 3. The van der Waals surface area contributed by atoms with Crippen LogP contribution in [0.3, 0.4) is 0 Å². The van der Waals surface area contributed by atoms with E-state index in [0.717, 1.165) is 6.54 Å². The number of hydrogen-bond donors (Lipinski definition) is 1. The Morgan fingerprint density at radius 3 is 2.00 bits per heavy atom. The predicted octanol–water partition coefficient (Wildman–Crippen LogP) is 0.701. The first-order chi connectivity index (χ1) is 4.22. The Hall–Kier alpha value is 0.430. The van der Waals surface area contributed by atoms with Crippen LogP contribution in [0.2, 0.25) is 0 Å². The summed E-state index contributed by atoms with van der Waals surface area (Å²) in [6.45, 7) is 1.30. The smallest absolute Gasteiger partial charge is 0.129 e. The van der Waals surface area contributed by atoms with Crippen molar-refractivity contribution in [2.75, 3.05) is 27.2 Å². The van der Waals surface area contributed by atoms with E-state index in [1.54, 1.807) is 0 Å². The van der Waals surface area contributed by atoms with Crippen LogP contribution in [0.1, 0.15) is 0 Å². The average molecular weight is 205 g/mol. The van der Waals surface area contributed by atoms with E-state index >= 15 is 0 Å². The van der Waals surface area contributed by atoms with Gasteiger partial charge in [-0.25, -0.2) is 4.39 Å². The van der Waals surface area contributed by atoms with Gasteiger partial charge in [-0.15, -0.1) is 24.8 Å². The molecule has 0 aliphatic carbocycles. The lowest BCUT2D eigenvalue weighted by Gasteiger charge is -2.19. The van der Waals surface area contributed by atoms with Crippen LogP contribution in [0.5, 0.6) is 0 Å². The summed E-state index contributed by atoms with van der Waals surface area (Å²) in [4.78, 5) is 1.92. The molecule has 0 bridgehead atoms. The molecule has 2 atom stereocenters. The molecule has 0 radical (unpaired) electrons. The molecule has 1 fully saturated rings. The number of hydrogen-bond acceptors (Lipinski definition) is 2. The van der Waals surface area contributed by atoms with Crippen LogP contribution >= 0.6 is 24.8 Å². The van der Waals surface area contributed by atoms with Crippen molar-refractivity contribution >= 4 is 24.8 Å². The van der Waals surface area contributed by atoms with Crippen molar-refractivity contribution in [3.63, 3.8) is 0 Å². The van der Waals surface area contributed by atoms with Crippen molar-refractivity contribution < 1.29 is 4.39 Å². The van der Waals surface area contributed by atoms with E-state index in [2.05, 4.69) is 5.32 Å². The Bertz CT molecular complexity index is 103. The van der Waals surface area contributed by atoms with Gasteiger partial charge in [-0.05, 0) is 14.1 Å². The van der Waals surface area contributed by atoms with E-state index in [9.17, 15) is 4.39 Å². The van der Waals surface area contributed by atoms with Crippen LogP contribution in [-0.4, -0.2) is 44.3 Å². The molecule has 0 amide bonds.